The summed E-state index contributed by atoms with van der Waals surface area (Å²) in [6.07, 6.45) is 2.42. The topological polar surface area (TPSA) is 65.5 Å². The molecule has 8 heteroatoms. The van der Waals surface area contributed by atoms with Crippen LogP contribution in [0.4, 0.5) is 9.52 Å². The first-order valence-corrected chi connectivity index (χ1v) is 10.3. The molecular formula is C20H23FN4O2S. The molecule has 1 saturated heterocycles. The van der Waals surface area contributed by atoms with Crippen molar-refractivity contribution < 1.29 is 14.0 Å². The number of hydrogen-bond donors (Lipinski definition) is 1. The van der Waals surface area contributed by atoms with Crippen molar-refractivity contribution in [3.05, 3.63) is 46.2 Å². The molecule has 2 aromatic rings. The summed E-state index contributed by atoms with van der Waals surface area (Å²) in [7, 11) is 2.08. The van der Waals surface area contributed by atoms with Crippen molar-refractivity contribution in [1.82, 2.24) is 14.8 Å². The van der Waals surface area contributed by atoms with Crippen LogP contribution in [-0.2, 0) is 17.8 Å². The number of aromatic nitrogens is 1. The fourth-order valence-corrected chi connectivity index (χ4v) is 4.83. The Bertz CT molecular complexity index is 883. The minimum Gasteiger partial charge on any atom is -0.338 e. The molecule has 2 amide bonds. The van der Waals surface area contributed by atoms with Gasteiger partial charge in [-0.25, -0.2) is 9.37 Å². The SMILES string of the molecule is CN1CCc2nc(NC(=O)C3CCCN(C(=O)c4ccc(F)cc4)C3)sc2C1. The van der Waals surface area contributed by atoms with Crippen LogP contribution in [0.25, 0.3) is 0 Å². The van der Waals surface area contributed by atoms with E-state index in [1.54, 1.807) is 4.90 Å². The van der Waals surface area contributed by atoms with Crippen molar-refractivity contribution in [1.29, 1.82) is 0 Å². The second-order valence-electron chi connectivity index (χ2n) is 7.46. The molecule has 1 unspecified atom stereocenters. The lowest BCUT2D eigenvalue weighted by Crippen LogP contribution is -2.43. The Morgan fingerprint density at radius 2 is 2.04 bits per heavy atom. The zero-order valence-corrected chi connectivity index (χ0v) is 16.6. The van der Waals surface area contributed by atoms with Crippen molar-refractivity contribution >= 4 is 28.3 Å². The van der Waals surface area contributed by atoms with Crippen LogP contribution in [0.5, 0.6) is 0 Å². The number of nitrogens with zero attached hydrogens (tertiary/aromatic N) is 3. The first kappa shape index (κ1) is 19.0. The van der Waals surface area contributed by atoms with Gasteiger partial charge >= 0.3 is 0 Å². The van der Waals surface area contributed by atoms with Crippen molar-refractivity contribution in [2.45, 2.75) is 25.8 Å². The van der Waals surface area contributed by atoms with Gasteiger partial charge in [0, 0.05) is 43.0 Å². The van der Waals surface area contributed by atoms with Gasteiger partial charge in [0.05, 0.1) is 11.6 Å². The van der Waals surface area contributed by atoms with Crippen LogP contribution in [0.1, 0.15) is 33.8 Å². The highest BCUT2D eigenvalue weighted by Crippen LogP contribution is 2.29. The van der Waals surface area contributed by atoms with E-state index >= 15 is 0 Å². The minimum atomic E-state index is -0.371. The average Bonchev–Trinajstić information content (AvgIpc) is 3.09. The second kappa shape index (κ2) is 7.97. The molecular weight excluding hydrogens is 379 g/mol. The Morgan fingerprint density at radius 3 is 2.82 bits per heavy atom. The molecule has 1 atom stereocenters. The number of halogens is 1. The second-order valence-corrected chi connectivity index (χ2v) is 8.55. The molecule has 0 saturated carbocycles. The molecule has 1 aromatic carbocycles. The predicted octanol–water partition coefficient (Wildman–Crippen LogP) is 2.76. The zero-order valence-electron chi connectivity index (χ0n) is 15.8. The smallest absolute Gasteiger partial charge is 0.253 e. The number of likely N-dealkylation sites (N-methyl/N-ethyl adjacent to an activating group) is 1. The molecule has 1 fully saturated rings. The summed E-state index contributed by atoms with van der Waals surface area (Å²) in [6, 6.07) is 5.53. The van der Waals surface area contributed by atoms with E-state index < -0.39 is 0 Å². The fraction of sp³-hybridized carbons (Fsp3) is 0.450. The normalized spacial score (nSPS) is 19.9. The van der Waals surface area contributed by atoms with Crippen LogP contribution in [0.15, 0.2) is 24.3 Å². The number of fused-ring (bicyclic) bond motifs is 1. The van der Waals surface area contributed by atoms with Gasteiger partial charge in [0.25, 0.3) is 5.91 Å². The van der Waals surface area contributed by atoms with Gasteiger partial charge in [-0.2, -0.15) is 0 Å². The van der Waals surface area contributed by atoms with E-state index in [9.17, 15) is 14.0 Å². The van der Waals surface area contributed by atoms with E-state index in [0.717, 1.165) is 38.0 Å². The maximum absolute atomic E-state index is 13.1. The van der Waals surface area contributed by atoms with Crippen LogP contribution in [0.2, 0.25) is 0 Å². The number of carbonyl (C=O) groups is 2. The number of benzene rings is 1. The Kier molecular flexibility index (Phi) is 5.41. The molecule has 0 spiro atoms. The van der Waals surface area contributed by atoms with Gasteiger partial charge in [-0.05, 0) is 44.2 Å². The third kappa shape index (κ3) is 4.07. The highest BCUT2D eigenvalue weighted by Gasteiger charge is 2.30. The van der Waals surface area contributed by atoms with Gasteiger partial charge in [-0.15, -0.1) is 11.3 Å². The van der Waals surface area contributed by atoms with E-state index in [4.69, 9.17) is 0 Å². The first-order valence-electron chi connectivity index (χ1n) is 9.52. The standard InChI is InChI=1S/C20H23FN4O2S/c1-24-10-8-16-17(12-24)28-20(22-16)23-18(26)14-3-2-9-25(11-14)19(27)13-4-6-15(21)7-5-13/h4-7,14H,2-3,8-12H2,1H3,(H,22,23,26). The van der Waals surface area contributed by atoms with Gasteiger partial charge < -0.3 is 15.1 Å². The Labute approximate surface area is 167 Å². The average molecular weight is 402 g/mol. The lowest BCUT2D eigenvalue weighted by atomic mass is 9.96. The molecule has 1 aromatic heterocycles. The van der Waals surface area contributed by atoms with Crippen LogP contribution < -0.4 is 5.32 Å². The molecule has 2 aliphatic rings. The van der Waals surface area contributed by atoms with Gasteiger partial charge in [0.15, 0.2) is 5.13 Å². The number of anilines is 1. The predicted molar refractivity (Wildman–Crippen MR) is 106 cm³/mol. The number of likely N-dealkylation sites (tertiary alicyclic amines) is 1. The van der Waals surface area contributed by atoms with Gasteiger partial charge in [-0.3, -0.25) is 9.59 Å². The summed E-state index contributed by atoms with van der Waals surface area (Å²) in [5.41, 5.74) is 1.52. The summed E-state index contributed by atoms with van der Waals surface area (Å²) in [4.78, 5) is 35.1. The van der Waals surface area contributed by atoms with Crippen LogP contribution in [-0.4, -0.2) is 53.3 Å². The van der Waals surface area contributed by atoms with Crippen molar-refractivity contribution in [2.75, 3.05) is 32.0 Å². The molecule has 1 N–H and O–H groups in total. The molecule has 28 heavy (non-hydrogen) atoms. The fourth-order valence-electron chi connectivity index (χ4n) is 3.73. The lowest BCUT2D eigenvalue weighted by Gasteiger charge is -2.32. The Balaban J connectivity index is 1.39. The first-order chi connectivity index (χ1) is 13.5. The molecule has 0 aliphatic carbocycles. The van der Waals surface area contributed by atoms with E-state index in [2.05, 4.69) is 22.2 Å². The zero-order chi connectivity index (χ0) is 19.7. The summed E-state index contributed by atoms with van der Waals surface area (Å²) >= 11 is 1.54. The third-order valence-electron chi connectivity index (χ3n) is 5.32. The monoisotopic (exact) mass is 402 g/mol. The number of hydrogen-bond acceptors (Lipinski definition) is 5. The quantitative estimate of drug-likeness (QED) is 0.857. The number of nitrogens with one attached hydrogen (secondary N) is 1. The van der Waals surface area contributed by atoms with Crippen LogP contribution in [0.3, 0.4) is 0 Å². The van der Waals surface area contributed by atoms with Gasteiger partial charge in [0.2, 0.25) is 5.91 Å². The lowest BCUT2D eigenvalue weighted by molar-refractivity contribution is -0.121. The highest BCUT2D eigenvalue weighted by molar-refractivity contribution is 7.15. The molecule has 148 valence electrons. The van der Waals surface area contributed by atoms with Gasteiger partial charge in [0.1, 0.15) is 5.82 Å². The largest absolute Gasteiger partial charge is 0.338 e. The molecule has 2 aliphatic heterocycles. The van der Waals surface area contributed by atoms with E-state index in [-0.39, 0.29) is 23.5 Å². The van der Waals surface area contributed by atoms with Crippen LogP contribution >= 0.6 is 11.3 Å². The Hall–Kier alpha value is -2.32. The molecule has 0 bridgehead atoms. The summed E-state index contributed by atoms with van der Waals surface area (Å²) in [5.74, 6) is -0.882. The maximum atomic E-state index is 13.1. The summed E-state index contributed by atoms with van der Waals surface area (Å²) < 4.78 is 13.1. The minimum absolute atomic E-state index is 0.0870. The van der Waals surface area contributed by atoms with Crippen LogP contribution in [0, 0.1) is 11.7 Å². The maximum Gasteiger partial charge on any atom is 0.253 e. The van der Waals surface area contributed by atoms with Crippen molar-refractivity contribution in [2.24, 2.45) is 5.92 Å². The van der Waals surface area contributed by atoms with Crippen molar-refractivity contribution in [3.8, 4) is 0 Å². The van der Waals surface area contributed by atoms with Gasteiger partial charge in [-0.1, -0.05) is 0 Å². The number of thiazole rings is 1. The number of carbonyl (C=O) groups excluding carboxylic acids is 2. The number of piperidine rings is 1. The van der Waals surface area contributed by atoms with E-state index in [1.807, 2.05) is 0 Å². The summed E-state index contributed by atoms with van der Waals surface area (Å²) in [6.45, 7) is 2.83. The molecule has 3 heterocycles. The number of amides is 2. The van der Waals surface area contributed by atoms with E-state index in [0.29, 0.717) is 23.8 Å². The molecule has 4 rings (SSSR count). The van der Waals surface area contributed by atoms with Crippen molar-refractivity contribution in [3.63, 3.8) is 0 Å². The van der Waals surface area contributed by atoms with E-state index in [1.165, 1.54) is 40.5 Å². The number of rotatable bonds is 3. The Morgan fingerprint density at radius 1 is 1.25 bits per heavy atom. The highest BCUT2D eigenvalue weighted by atomic mass is 32.1. The molecule has 0 radical (unpaired) electrons. The molecule has 6 nitrogen and oxygen atoms in total. The summed E-state index contributed by atoms with van der Waals surface area (Å²) in [5, 5.41) is 3.60. The third-order valence-corrected chi connectivity index (χ3v) is 6.32.